The lowest BCUT2D eigenvalue weighted by Gasteiger charge is -2.16. The topological polar surface area (TPSA) is 35.5 Å². The van der Waals surface area contributed by atoms with Crippen LogP contribution in [0.3, 0.4) is 0 Å². The third-order valence-electron chi connectivity index (χ3n) is 1.80. The predicted molar refractivity (Wildman–Crippen MR) is 57.5 cm³/mol. The molecule has 1 aromatic rings. The molecule has 0 heterocycles. The number of ether oxygens (including phenoxy) is 2. The van der Waals surface area contributed by atoms with Crippen molar-refractivity contribution in [1.29, 1.82) is 0 Å². The van der Waals surface area contributed by atoms with Crippen molar-refractivity contribution in [3.63, 3.8) is 0 Å². The first-order valence-corrected chi connectivity index (χ1v) is 5.02. The molecular weight excluding hydrogens is 192 g/mol. The number of rotatable bonds is 4. The van der Waals surface area contributed by atoms with Gasteiger partial charge in [-0.15, -0.1) is 0 Å². The minimum Gasteiger partial charge on any atom is -0.455 e. The van der Waals surface area contributed by atoms with Crippen LogP contribution in [0, 0.1) is 5.92 Å². The van der Waals surface area contributed by atoms with Crippen LogP contribution in [0.25, 0.3) is 0 Å². The molecule has 0 bridgehead atoms. The first-order chi connectivity index (χ1) is 7.09. The van der Waals surface area contributed by atoms with Crippen molar-refractivity contribution in [2.24, 2.45) is 5.92 Å². The molecule has 0 amide bonds. The van der Waals surface area contributed by atoms with Crippen molar-refractivity contribution < 1.29 is 14.3 Å². The van der Waals surface area contributed by atoms with Crippen molar-refractivity contribution in [2.45, 2.75) is 27.1 Å². The van der Waals surface area contributed by atoms with Gasteiger partial charge in [0.15, 0.2) is 0 Å². The van der Waals surface area contributed by atoms with Gasteiger partial charge in [-0.2, -0.15) is 0 Å². The van der Waals surface area contributed by atoms with Gasteiger partial charge >= 0.3 is 5.97 Å². The van der Waals surface area contributed by atoms with Crippen LogP contribution in [-0.4, -0.2) is 12.3 Å². The minimum atomic E-state index is -0.553. The summed E-state index contributed by atoms with van der Waals surface area (Å²) in [5.41, 5.74) is 0. The van der Waals surface area contributed by atoms with E-state index in [0.717, 1.165) is 0 Å². The van der Waals surface area contributed by atoms with E-state index in [2.05, 4.69) is 0 Å². The minimum absolute atomic E-state index is 0.133. The zero-order valence-corrected chi connectivity index (χ0v) is 9.27. The van der Waals surface area contributed by atoms with Gasteiger partial charge in [0.1, 0.15) is 5.75 Å². The summed E-state index contributed by atoms with van der Waals surface area (Å²) in [6, 6.07) is 9.27. The van der Waals surface area contributed by atoms with Gasteiger partial charge in [0.05, 0.1) is 5.92 Å². The summed E-state index contributed by atoms with van der Waals surface area (Å²) in [6.45, 7) is 5.28. The number of carbonyl (C=O) groups is 1. The maximum absolute atomic E-state index is 11.2. The fourth-order valence-electron chi connectivity index (χ4n) is 1.01. The maximum Gasteiger partial charge on any atom is 0.311 e. The molecule has 1 atom stereocenters. The largest absolute Gasteiger partial charge is 0.455 e. The van der Waals surface area contributed by atoms with E-state index in [4.69, 9.17) is 9.47 Å². The Hall–Kier alpha value is -1.51. The van der Waals surface area contributed by atoms with Gasteiger partial charge in [-0.05, 0) is 12.1 Å². The summed E-state index contributed by atoms with van der Waals surface area (Å²) >= 11 is 0. The summed E-state index contributed by atoms with van der Waals surface area (Å²) in [7, 11) is 0. The lowest BCUT2D eigenvalue weighted by molar-refractivity contribution is -0.165. The predicted octanol–water partition coefficient (Wildman–Crippen LogP) is 2.61. The highest BCUT2D eigenvalue weighted by Gasteiger charge is 2.13. The molecule has 3 nitrogen and oxygen atoms in total. The van der Waals surface area contributed by atoms with E-state index in [1.54, 1.807) is 20.8 Å². The van der Waals surface area contributed by atoms with E-state index < -0.39 is 6.29 Å². The van der Waals surface area contributed by atoms with Crippen molar-refractivity contribution >= 4 is 5.97 Å². The average Bonchev–Trinajstić information content (AvgIpc) is 2.18. The third kappa shape index (κ3) is 4.02. The Morgan fingerprint density at radius 3 is 2.27 bits per heavy atom. The molecule has 0 aliphatic carbocycles. The number of hydrogen-bond donors (Lipinski definition) is 0. The van der Waals surface area contributed by atoms with E-state index >= 15 is 0 Å². The second kappa shape index (κ2) is 5.39. The van der Waals surface area contributed by atoms with Gasteiger partial charge in [0.25, 0.3) is 0 Å². The third-order valence-corrected chi connectivity index (χ3v) is 1.80. The summed E-state index contributed by atoms with van der Waals surface area (Å²) in [5, 5.41) is 0. The SMILES string of the molecule is CC(C)C(=O)O[C@@H](C)Oc1ccccc1. The molecule has 1 rings (SSSR count). The van der Waals surface area contributed by atoms with Crippen LogP contribution in [0.5, 0.6) is 5.75 Å². The zero-order valence-electron chi connectivity index (χ0n) is 9.27. The normalized spacial score (nSPS) is 12.3. The Morgan fingerprint density at radius 2 is 1.73 bits per heavy atom. The van der Waals surface area contributed by atoms with Crippen LogP contribution >= 0.6 is 0 Å². The summed E-state index contributed by atoms with van der Waals surface area (Å²) in [5.74, 6) is 0.312. The van der Waals surface area contributed by atoms with Gasteiger partial charge in [-0.25, -0.2) is 0 Å². The van der Waals surface area contributed by atoms with Crippen LogP contribution in [0.2, 0.25) is 0 Å². The molecule has 3 heteroatoms. The highest BCUT2D eigenvalue weighted by Crippen LogP contribution is 2.12. The molecule has 0 saturated heterocycles. The quantitative estimate of drug-likeness (QED) is 0.563. The monoisotopic (exact) mass is 208 g/mol. The smallest absolute Gasteiger partial charge is 0.311 e. The van der Waals surface area contributed by atoms with E-state index in [1.807, 2.05) is 30.3 Å². The summed E-state index contributed by atoms with van der Waals surface area (Å²) in [4.78, 5) is 11.2. The molecule has 0 unspecified atom stereocenters. The molecule has 0 spiro atoms. The fraction of sp³-hybridized carbons (Fsp3) is 0.417. The van der Waals surface area contributed by atoms with Gasteiger partial charge in [0, 0.05) is 6.92 Å². The molecule has 0 saturated carbocycles. The Bertz CT molecular complexity index is 306. The van der Waals surface area contributed by atoms with Crippen molar-refractivity contribution in [2.75, 3.05) is 0 Å². The highest BCUT2D eigenvalue weighted by atomic mass is 16.7. The molecule has 1 aromatic carbocycles. The number of benzene rings is 1. The number of carbonyl (C=O) groups excluding carboxylic acids is 1. The first kappa shape index (κ1) is 11.6. The highest BCUT2D eigenvalue weighted by molar-refractivity contribution is 5.71. The standard InChI is InChI=1S/C12H16O3/c1-9(2)12(13)15-10(3)14-11-7-5-4-6-8-11/h4-10H,1-3H3/t10-/m0/s1. The molecule has 0 aliphatic heterocycles. The molecule has 15 heavy (non-hydrogen) atoms. The van der Waals surface area contributed by atoms with E-state index in [0.29, 0.717) is 5.75 Å². The van der Waals surface area contributed by atoms with Gasteiger partial charge in [-0.3, -0.25) is 4.79 Å². The van der Waals surface area contributed by atoms with Crippen molar-refractivity contribution in [3.05, 3.63) is 30.3 Å². The second-order valence-corrected chi connectivity index (χ2v) is 3.59. The lowest BCUT2D eigenvalue weighted by atomic mass is 10.2. The van der Waals surface area contributed by atoms with E-state index in [9.17, 15) is 4.79 Å². The van der Waals surface area contributed by atoms with E-state index in [1.165, 1.54) is 0 Å². The molecule has 0 aromatic heterocycles. The van der Waals surface area contributed by atoms with Gasteiger partial charge < -0.3 is 9.47 Å². The van der Waals surface area contributed by atoms with Gasteiger partial charge in [-0.1, -0.05) is 32.0 Å². The van der Waals surface area contributed by atoms with E-state index in [-0.39, 0.29) is 11.9 Å². The number of esters is 1. The molecule has 0 N–H and O–H groups in total. The van der Waals surface area contributed by atoms with Crippen LogP contribution < -0.4 is 4.74 Å². The van der Waals surface area contributed by atoms with Crippen LogP contribution in [-0.2, 0) is 9.53 Å². The summed E-state index contributed by atoms with van der Waals surface area (Å²) in [6.07, 6.45) is -0.553. The molecule has 82 valence electrons. The van der Waals surface area contributed by atoms with Gasteiger partial charge in [0.2, 0.25) is 6.29 Å². The Kier molecular flexibility index (Phi) is 4.16. The first-order valence-electron chi connectivity index (χ1n) is 5.02. The summed E-state index contributed by atoms with van der Waals surface area (Å²) < 4.78 is 10.4. The maximum atomic E-state index is 11.2. The second-order valence-electron chi connectivity index (χ2n) is 3.59. The molecule has 0 radical (unpaired) electrons. The van der Waals surface area contributed by atoms with Crippen molar-refractivity contribution in [1.82, 2.24) is 0 Å². The molecule has 0 aliphatic rings. The van der Waals surface area contributed by atoms with Crippen LogP contribution in [0.1, 0.15) is 20.8 Å². The zero-order chi connectivity index (χ0) is 11.3. The molecule has 0 fully saturated rings. The van der Waals surface area contributed by atoms with Crippen LogP contribution in [0.4, 0.5) is 0 Å². The Labute approximate surface area is 90.0 Å². The fourth-order valence-corrected chi connectivity index (χ4v) is 1.01. The number of hydrogen-bond acceptors (Lipinski definition) is 3. The Balaban J connectivity index is 2.43. The van der Waals surface area contributed by atoms with Crippen molar-refractivity contribution in [3.8, 4) is 5.75 Å². The molecular formula is C12H16O3. The average molecular weight is 208 g/mol. The van der Waals surface area contributed by atoms with Crippen LogP contribution in [0.15, 0.2) is 30.3 Å². The lowest BCUT2D eigenvalue weighted by Crippen LogP contribution is -2.23. The number of para-hydroxylation sites is 1. The Morgan fingerprint density at radius 1 is 1.13 bits per heavy atom.